The van der Waals surface area contributed by atoms with Crippen molar-refractivity contribution in [2.24, 2.45) is 0 Å². The summed E-state index contributed by atoms with van der Waals surface area (Å²) in [6.07, 6.45) is 0. The fraction of sp³-hybridized carbons (Fsp3) is 0.600. The van der Waals surface area contributed by atoms with E-state index in [2.05, 4.69) is 10.0 Å². The zero-order valence-electron chi connectivity index (χ0n) is 10.4. The Morgan fingerprint density at radius 2 is 2.11 bits per heavy atom. The van der Waals surface area contributed by atoms with Crippen LogP contribution in [0.3, 0.4) is 0 Å². The second kappa shape index (κ2) is 7.03. The van der Waals surface area contributed by atoms with Gasteiger partial charge in [-0.3, -0.25) is 4.21 Å². The number of hydrogen-bond acceptors (Lipinski definition) is 5. The van der Waals surface area contributed by atoms with Crippen LogP contribution < -0.4 is 10.0 Å². The van der Waals surface area contributed by atoms with Crippen LogP contribution in [0.15, 0.2) is 21.6 Å². The lowest BCUT2D eigenvalue weighted by atomic mass is 10.4. The average Bonchev–Trinajstić information content (AvgIpc) is 2.83. The first-order valence-electron chi connectivity index (χ1n) is 5.57. The first-order chi connectivity index (χ1) is 8.49. The number of nitrogens with one attached hydrogen (secondary N) is 2. The summed E-state index contributed by atoms with van der Waals surface area (Å²) in [5.74, 6) is 1.76. The summed E-state index contributed by atoms with van der Waals surface area (Å²) >= 11 is 0. The van der Waals surface area contributed by atoms with E-state index in [0.717, 1.165) is 0 Å². The maximum absolute atomic E-state index is 11.4. The molecular formula is C10H18N2O4S2. The van der Waals surface area contributed by atoms with Gasteiger partial charge >= 0.3 is 0 Å². The van der Waals surface area contributed by atoms with Gasteiger partial charge in [0.15, 0.2) is 0 Å². The highest BCUT2D eigenvalue weighted by Gasteiger charge is 2.15. The van der Waals surface area contributed by atoms with Crippen molar-refractivity contribution < 1.29 is 17.0 Å². The highest BCUT2D eigenvalue weighted by atomic mass is 32.2. The van der Waals surface area contributed by atoms with Gasteiger partial charge in [-0.25, -0.2) is 13.1 Å². The molecule has 8 heteroatoms. The molecular weight excluding hydrogens is 276 g/mol. The Morgan fingerprint density at radius 1 is 1.39 bits per heavy atom. The molecule has 0 saturated carbocycles. The Hall–Kier alpha value is -0.700. The van der Waals surface area contributed by atoms with Crippen molar-refractivity contribution >= 4 is 20.8 Å². The van der Waals surface area contributed by atoms with Crippen LogP contribution in [0, 0.1) is 0 Å². The van der Waals surface area contributed by atoms with Gasteiger partial charge in [-0.2, -0.15) is 0 Å². The van der Waals surface area contributed by atoms with Crippen LogP contribution in [0.1, 0.15) is 12.7 Å². The fourth-order valence-corrected chi connectivity index (χ4v) is 2.57. The van der Waals surface area contributed by atoms with Gasteiger partial charge in [-0.15, -0.1) is 0 Å². The summed E-state index contributed by atoms with van der Waals surface area (Å²) < 4.78 is 41.3. The first-order valence-corrected chi connectivity index (χ1v) is 8.54. The van der Waals surface area contributed by atoms with Crippen LogP contribution in [0.5, 0.6) is 0 Å². The molecule has 0 aromatic carbocycles. The van der Waals surface area contributed by atoms with Gasteiger partial charge in [0.05, 0.1) is 6.54 Å². The van der Waals surface area contributed by atoms with E-state index in [-0.39, 0.29) is 5.09 Å². The van der Waals surface area contributed by atoms with Crippen LogP contribution in [0.25, 0.3) is 0 Å². The number of hydrogen-bond donors (Lipinski definition) is 2. The molecule has 18 heavy (non-hydrogen) atoms. The maximum Gasteiger partial charge on any atom is 0.273 e. The van der Waals surface area contributed by atoms with Gasteiger partial charge in [0.25, 0.3) is 10.0 Å². The van der Waals surface area contributed by atoms with Gasteiger partial charge in [0, 0.05) is 28.9 Å². The van der Waals surface area contributed by atoms with Gasteiger partial charge in [-0.1, -0.05) is 6.92 Å². The minimum absolute atomic E-state index is 0.0982. The molecule has 104 valence electrons. The van der Waals surface area contributed by atoms with Crippen molar-refractivity contribution in [2.45, 2.75) is 18.6 Å². The Morgan fingerprint density at radius 3 is 2.72 bits per heavy atom. The molecule has 0 aliphatic heterocycles. The Kier molecular flexibility index (Phi) is 6.00. The van der Waals surface area contributed by atoms with Crippen LogP contribution >= 0.6 is 0 Å². The van der Waals surface area contributed by atoms with Gasteiger partial charge in [0.2, 0.25) is 5.09 Å². The topological polar surface area (TPSA) is 88.4 Å². The Labute approximate surface area is 110 Å². The molecule has 0 bridgehead atoms. The molecule has 1 unspecified atom stereocenters. The normalized spacial score (nSPS) is 13.7. The highest BCUT2D eigenvalue weighted by molar-refractivity contribution is 7.89. The molecule has 0 aliphatic rings. The van der Waals surface area contributed by atoms with Crippen LogP contribution in [-0.2, 0) is 27.4 Å². The minimum Gasteiger partial charge on any atom is -0.447 e. The Balaban J connectivity index is 2.43. The quantitative estimate of drug-likeness (QED) is 0.661. The largest absolute Gasteiger partial charge is 0.447 e. The average molecular weight is 294 g/mol. The van der Waals surface area contributed by atoms with Crippen LogP contribution in [-0.4, -0.2) is 37.7 Å². The van der Waals surface area contributed by atoms with Crippen molar-refractivity contribution in [3.8, 4) is 0 Å². The molecule has 0 amide bonds. The summed E-state index contributed by atoms with van der Waals surface area (Å²) in [4.78, 5) is 0. The molecule has 0 saturated heterocycles. The molecule has 1 rings (SSSR count). The van der Waals surface area contributed by atoms with E-state index in [4.69, 9.17) is 4.42 Å². The third-order valence-electron chi connectivity index (χ3n) is 2.30. The smallest absolute Gasteiger partial charge is 0.273 e. The molecule has 1 aromatic heterocycles. The number of furan rings is 1. The standard InChI is InChI=1S/C10H18N2O4S2/c1-3-17(13)7-6-12-8-9-4-5-10(16-9)18(14,15)11-2/h4-5,11-12H,3,6-8H2,1-2H3. The summed E-state index contributed by atoms with van der Waals surface area (Å²) in [5, 5.41) is 2.95. The predicted molar refractivity (Wildman–Crippen MR) is 70.2 cm³/mol. The van der Waals surface area contributed by atoms with Crippen molar-refractivity contribution in [3.63, 3.8) is 0 Å². The third kappa shape index (κ3) is 4.52. The first kappa shape index (κ1) is 15.4. The van der Waals surface area contributed by atoms with E-state index in [1.165, 1.54) is 13.1 Å². The molecule has 1 atom stereocenters. The molecule has 1 heterocycles. The van der Waals surface area contributed by atoms with Crippen LogP contribution in [0.2, 0.25) is 0 Å². The molecule has 0 fully saturated rings. The van der Waals surface area contributed by atoms with Crippen molar-refractivity contribution in [1.29, 1.82) is 0 Å². The molecule has 0 radical (unpaired) electrons. The number of rotatable bonds is 8. The monoisotopic (exact) mass is 294 g/mol. The molecule has 6 nitrogen and oxygen atoms in total. The van der Waals surface area contributed by atoms with E-state index < -0.39 is 20.8 Å². The van der Waals surface area contributed by atoms with Crippen molar-refractivity contribution in [1.82, 2.24) is 10.0 Å². The van der Waals surface area contributed by atoms with Gasteiger partial charge in [0.1, 0.15) is 5.76 Å². The Bertz CT molecular complexity index is 496. The zero-order valence-corrected chi connectivity index (χ0v) is 12.1. The minimum atomic E-state index is -3.52. The number of sulfonamides is 1. The van der Waals surface area contributed by atoms with Crippen molar-refractivity contribution in [2.75, 3.05) is 25.1 Å². The second-order valence-electron chi connectivity index (χ2n) is 3.54. The SMILES string of the molecule is CCS(=O)CCNCc1ccc(S(=O)(=O)NC)o1. The van der Waals surface area contributed by atoms with Gasteiger partial charge < -0.3 is 9.73 Å². The lowest BCUT2D eigenvalue weighted by molar-refractivity contribution is 0.402. The van der Waals surface area contributed by atoms with E-state index in [1.54, 1.807) is 6.07 Å². The van der Waals surface area contributed by atoms with E-state index >= 15 is 0 Å². The molecule has 0 spiro atoms. The summed E-state index contributed by atoms with van der Waals surface area (Å²) in [5.41, 5.74) is 0. The van der Waals surface area contributed by atoms with Crippen LogP contribution in [0.4, 0.5) is 0 Å². The van der Waals surface area contributed by atoms with E-state index in [1.807, 2.05) is 6.92 Å². The lowest BCUT2D eigenvalue weighted by Gasteiger charge is -2.02. The third-order valence-corrected chi connectivity index (χ3v) is 4.89. The fourth-order valence-electron chi connectivity index (χ4n) is 1.24. The predicted octanol–water partition coefficient (Wildman–Crippen LogP) is 0.0459. The zero-order chi connectivity index (χ0) is 13.6. The molecule has 0 aliphatic carbocycles. The van der Waals surface area contributed by atoms with Crippen molar-refractivity contribution in [3.05, 3.63) is 17.9 Å². The van der Waals surface area contributed by atoms with Gasteiger partial charge in [-0.05, 0) is 19.2 Å². The summed E-state index contributed by atoms with van der Waals surface area (Å²) in [6.45, 7) is 2.90. The summed E-state index contributed by atoms with van der Waals surface area (Å²) in [6, 6.07) is 3.01. The molecule has 1 aromatic rings. The van der Waals surface area contributed by atoms with E-state index in [9.17, 15) is 12.6 Å². The summed E-state index contributed by atoms with van der Waals surface area (Å²) in [7, 11) is -2.98. The second-order valence-corrected chi connectivity index (χ2v) is 7.22. The van der Waals surface area contributed by atoms with E-state index in [0.29, 0.717) is 30.4 Å². The maximum atomic E-state index is 11.4. The lowest BCUT2D eigenvalue weighted by Crippen LogP contribution is -2.20. The highest BCUT2D eigenvalue weighted by Crippen LogP contribution is 2.12. The molecule has 2 N–H and O–H groups in total.